The van der Waals surface area contributed by atoms with Crippen LogP contribution in [-0.4, -0.2) is 10.2 Å². The van der Waals surface area contributed by atoms with Gasteiger partial charge in [0.05, 0.1) is 6.10 Å². The zero-order valence-corrected chi connectivity index (χ0v) is 9.25. The molecular weight excluding hydrogens is 200 g/mol. The van der Waals surface area contributed by atoms with Crippen LogP contribution in [0.25, 0.3) is 0 Å². The molecule has 84 valence electrons. The van der Waals surface area contributed by atoms with Gasteiger partial charge >= 0.3 is 0 Å². The van der Waals surface area contributed by atoms with Crippen molar-refractivity contribution in [3.05, 3.63) is 66.2 Å². The molecule has 0 bridgehead atoms. The summed E-state index contributed by atoms with van der Waals surface area (Å²) in [5.74, 6) is 0.322. The number of phenols is 1. The summed E-state index contributed by atoms with van der Waals surface area (Å²) < 4.78 is 0. The van der Waals surface area contributed by atoms with Crippen molar-refractivity contribution in [3.63, 3.8) is 0 Å². The average Bonchev–Trinajstić information content (AvgIpc) is 2.32. The fourth-order valence-electron chi connectivity index (χ4n) is 1.16. The second-order valence-corrected chi connectivity index (χ2v) is 3.42. The predicted molar refractivity (Wildman–Crippen MR) is 65.2 cm³/mol. The van der Waals surface area contributed by atoms with Crippen molar-refractivity contribution >= 4 is 0 Å². The van der Waals surface area contributed by atoms with E-state index in [1.807, 2.05) is 36.4 Å². The zero-order chi connectivity index (χ0) is 11.8. The first-order valence-electron chi connectivity index (χ1n) is 5.17. The van der Waals surface area contributed by atoms with Gasteiger partial charge in [0.1, 0.15) is 5.75 Å². The summed E-state index contributed by atoms with van der Waals surface area (Å²) >= 11 is 0. The summed E-state index contributed by atoms with van der Waals surface area (Å²) in [6, 6.07) is 18.3. The number of phenolic OH excluding ortho intramolecular Hbond substituents is 1. The minimum absolute atomic E-state index is 0.322. The quantitative estimate of drug-likeness (QED) is 0.768. The fourth-order valence-corrected chi connectivity index (χ4v) is 1.16. The van der Waals surface area contributed by atoms with Crippen molar-refractivity contribution in [1.82, 2.24) is 0 Å². The molecule has 1 atom stereocenters. The Morgan fingerprint density at radius 2 is 1.25 bits per heavy atom. The van der Waals surface area contributed by atoms with E-state index in [1.165, 1.54) is 0 Å². The van der Waals surface area contributed by atoms with Gasteiger partial charge < -0.3 is 10.2 Å². The molecule has 0 aromatic heterocycles. The zero-order valence-electron chi connectivity index (χ0n) is 9.25. The van der Waals surface area contributed by atoms with E-state index < -0.39 is 0 Å². The van der Waals surface area contributed by atoms with Gasteiger partial charge in [-0.2, -0.15) is 0 Å². The van der Waals surface area contributed by atoms with Crippen molar-refractivity contribution in [2.24, 2.45) is 0 Å². The van der Waals surface area contributed by atoms with Crippen molar-refractivity contribution < 1.29 is 10.2 Å². The highest BCUT2D eigenvalue weighted by atomic mass is 16.3. The molecule has 1 unspecified atom stereocenters. The van der Waals surface area contributed by atoms with Gasteiger partial charge in [-0.3, -0.25) is 0 Å². The van der Waals surface area contributed by atoms with E-state index in [2.05, 4.69) is 0 Å². The molecule has 0 amide bonds. The van der Waals surface area contributed by atoms with Gasteiger partial charge in [0.15, 0.2) is 0 Å². The van der Waals surface area contributed by atoms with Gasteiger partial charge in [-0.1, -0.05) is 48.5 Å². The van der Waals surface area contributed by atoms with E-state index in [0.717, 1.165) is 5.56 Å². The third kappa shape index (κ3) is 4.62. The SMILES string of the molecule is CC(O)c1ccccc1.Oc1ccccc1. The lowest BCUT2D eigenvalue weighted by atomic mass is 10.1. The number of aliphatic hydroxyl groups excluding tert-OH is 1. The van der Waals surface area contributed by atoms with E-state index in [4.69, 9.17) is 10.2 Å². The Hall–Kier alpha value is -1.80. The number of benzene rings is 2. The third-order valence-electron chi connectivity index (χ3n) is 2.04. The van der Waals surface area contributed by atoms with Crippen LogP contribution in [0.2, 0.25) is 0 Å². The van der Waals surface area contributed by atoms with Crippen LogP contribution < -0.4 is 0 Å². The van der Waals surface area contributed by atoms with Gasteiger partial charge in [0.2, 0.25) is 0 Å². The van der Waals surface area contributed by atoms with Gasteiger partial charge in [0.25, 0.3) is 0 Å². The van der Waals surface area contributed by atoms with Gasteiger partial charge in [-0.05, 0) is 24.6 Å². The first kappa shape index (κ1) is 12.3. The van der Waals surface area contributed by atoms with Gasteiger partial charge in [-0.25, -0.2) is 0 Å². The Labute approximate surface area is 95.8 Å². The maximum absolute atomic E-state index is 9.02. The Morgan fingerprint density at radius 1 is 0.812 bits per heavy atom. The largest absolute Gasteiger partial charge is 0.508 e. The van der Waals surface area contributed by atoms with E-state index in [0.29, 0.717) is 5.75 Å². The Bertz CT molecular complexity index is 382. The first-order valence-corrected chi connectivity index (χ1v) is 5.17. The first-order chi connectivity index (χ1) is 7.70. The molecule has 0 spiro atoms. The highest BCUT2D eigenvalue weighted by Gasteiger charge is 1.95. The topological polar surface area (TPSA) is 40.5 Å². The van der Waals surface area contributed by atoms with Crippen LogP contribution in [-0.2, 0) is 0 Å². The maximum Gasteiger partial charge on any atom is 0.115 e. The summed E-state index contributed by atoms with van der Waals surface area (Å²) in [5.41, 5.74) is 0.970. The molecular formula is C14H16O2. The van der Waals surface area contributed by atoms with Crippen LogP contribution in [0, 0.1) is 0 Å². The van der Waals surface area contributed by atoms with Crippen molar-refractivity contribution in [2.45, 2.75) is 13.0 Å². The number of aliphatic hydroxyl groups is 1. The number of rotatable bonds is 1. The number of hydrogen-bond acceptors (Lipinski definition) is 2. The van der Waals surface area contributed by atoms with Crippen molar-refractivity contribution in [3.8, 4) is 5.75 Å². The second kappa shape index (κ2) is 6.64. The van der Waals surface area contributed by atoms with Gasteiger partial charge in [-0.15, -0.1) is 0 Å². The molecule has 16 heavy (non-hydrogen) atoms. The monoisotopic (exact) mass is 216 g/mol. The minimum Gasteiger partial charge on any atom is -0.508 e. The smallest absolute Gasteiger partial charge is 0.115 e. The highest BCUT2D eigenvalue weighted by molar-refractivity contribution is 5.18. The maximum atomic E-state index is 9.02. The molecule has 0 fully saturated rings. The second-order valence-electron chi connectivity index (χ2n) is 3.42. The minimum atomic E-state index is -0.341. The molecule has 2 heteroatoms. The van der Waals surface area contributed by atoms with E-state index >= 15 is 0 Å². The van der Waals surface area contributed by atoms with E-state index in [-0.39, 0.29) is 6.10 Å². The van der Waals surface area contributed by atoms with Crippen LogP contribution >= 0.6 is 0 Å². The molecule has 0 radical (unpaired) electrons. The van der Waals surface area contributed by atoms with E-state index in [1.54, 1.807) is 31.2 Å². The summed E-state index contributed by atoms with van der Waals surface area (Å²) in [6.45, 7) is 1.76. The standard InChI is InChI=1S/C8H10O.C6H6O/c1-7(9)8-5-3-2-4-6-8;7-6-4-2-1-3-5-6/h2-7,9H,1H3;1-5,7H. The lowest BCUT2D eigenvalue weighted by molar-refractivity contribution is 0.199. The lowest BCUT2D eigenvalue weighted by Crippen LogP contribution is -1.87. The van der Waals surface area contributed by atoms with Crippen molar-refractivity contribution in [1.29, 1.82) is 0 Å². The van der Waals surface area contributed by atoms with E-state index in [9.17, 15) is 0 Å². The summed E-state index contributed by atoms with van der Waals surface area (Å²) in [6.07, 6.45) is -0.341. The lowest BCUT2D eigenvalue weighted by Gasteiger charge is -2.00. The average molecular weight is 216 g/mol. The molecule has 2 aromatic rings. The summed E-state index contributed by atoms with van der Waals surface area (Å²) in [7, 11) is 0. The number of hydrogen-bond donors (Lipinski definition) is 2. The Kier molecular flexibility index (Phi) is 5.09. The Balaban J connectivity index is 0.000000165. The Morgan fingerprint density at radius 3 is 1.50 bits per heavy atom. The van der Waals surface area contributed by atoms with Crippen LogP contribution in [0.5, 0.6) is 5.75 Å². The van der Waals surface area contributed by atoms with Crippen LogP contribution in [0.3, 0.4) is 0 Å². The van der Waals surface area contributed by atoms with Crippen LogP contribution in [0.1, 0.15) is 18.6 Å². The molecule has 0 saturated heterocycles. The molecule has 2 nitrogen and oxygen atoms in total. The van der Waals surface area contributed by atoms with Crippen molar-refractivity contribution in [2.75, 3.05) is 0 Å². The molecule has 0 heterocycles. The summed E-state index contributed by atoms with van der Waals surface area (Å²) in [5, 5.41) is 17.7. The van der Waals surface area contributed by atoms with Gasteiger partial charge in [0, 0.05) is 0 Å². The van der Waals surface area contributed by atoms with Crippen LogP contribution in [0.4, 0.5) is 0 Å². The predicted octanol–water partition coefficient (Wildman–Crippen LogP) is 3.13. The summed E-state index contributed by atoms with van der Waals surface area (Å²) in [4.78, 5) is 0. The van der Waals surface area contributed by atoms with Crippen LogP contribution in [0.15, 0.2) is 60.7 Å². The molecule has 0 aliphatic carbocycles. The highest BCUT2D eigenvalue weighted by Crippen LogP contribution is 2.09. The molecule has 0 saturated carbocycles. The molecule has 2 N–H and O–H groups in total. The molecule has 2 aromatic carbocycles. The normalized spacial score (nSPS) is 11.1. The molecule has 2 rings (SSSR count). The molecule has 0 aliphatic rings. The molecule has 0 aliphatic heterocycles. The fraction of sp³-hybridized carbons (Fsp3) is 0.143. The number of para-hydroxylation sites is 1. The third-order valence-corrected chi connectivity index (χ3v) is 2.04. The number of aromatic hydroxyl groups is 1.